The van der Waals surface area contributed by atoms with Crippen LogP contribution in [-0.2, 0) is 4.79 Å². The Morgan fingerprint density at radius 3 is 2.52 bits per heavy atom. The number of hydrogen-bond donors (Lipinski definition) is 3. The topological polar surface area (TPSA) is 78.9 Å². The largest absolute Gasteiger partial charge is 0.370 e. The van der Waals surface area contributed by atoms with Crippen LogP contribution >= 0.6 is 11.8 Å². The Bertz CT molecular complexity index is 478. The summed E-state index contributed by atoms with van der Waals surface area (Å²) in [6, 6.07) is 2.30. The van der Waals surface area contributed by atoms with Crippen LogP contribution in [0.2, 0.25) is 0 Å². The number of carbonyl (C=O) groups is 1. The summed E-state index contributed by atoms with van der Waals surface area (Å²) in [6.07, 6.45) is 5.70. The molecule has 0 bridgehead atoms. The Morgan fingerprint density at radius 2 is 1.95 bits per heavy atom. The summed E-state index contributed by atoms with van der Waals surface area (Å²) in [7, 11) is 0. The van der Waals surface area contributed by atoms with Gasteiger partial charge in [0.15, 0.2) is 5.16 Å². The van der Waals surface area contributed by atoms with Crippen LogP contribution in [0.5, 0.6) is 0 Å². The number of hydrogen-bond acceptors (Lipinski definition) is 6. The molecule has 1 amide bonds. The highest BCUT2D eigenvalue weighted by Gasteiger charge is 2.22. The van der Waals surface area contributed by atoms with Gasteiger partial charge in [-0.3, -0.25) is 4.79 Å². The second kappa shape index (κ2) is 8.07. The summed E-state index contributed by atoms with van der Waals surface area (Å²) in [4.78, 5) is 20.4. The van der Waals surface area contributed by atoms with Crippen molar-refractivity contribution in [3.63, 3.8) is 0 Å². The highest BCUT2D eigenvalue weighted by atomic mass is 32.2. The number of nitrogens with zero attached hydrogens (tertiary/aromatic N) is 2. The molecule has 0 saturated heterocycles. The molecule has 1 aromatic heterocycles. The van der Waals surface area contributed by atoms with Crippen molar-refractivity contribution in [2.24, 2.45) is 0 Å². The zero-order valence-electron chi connectivity index (χ0n) is 12.6. The maximum atomic E-state index is 11.6. The first-order chi connectivity index (χ1) is 10.2. The van der Waals surface area contributed by atoms with E-state index < -0.39 is 0 Å². The number of anilines is 2. The fraction of sp³-hybridized carbons (Fsp3) is 0.643. The number of thioether (sulfide) groups is 1. The summed E-state index contributed by atoms with van der Waals surface area (Å²) >= 11 is 1.51. The average Bonchev–Trinajstić information content (AvgIpc) is 3.28. The third kappa shape index (κ3) is 5.79. The first kappa shape index (κ1) is 15.9. The lowest BCUT2D eigenvalue weighted by Gasteiger charge is -2.10. The maximum Gasteiger partial charge on any atom is 0.221 e. The van der Waals surface area contributed by atoms with Crippen molar-refractivity contribution in [3.8, 4) is 0 Å². The van der Waals surface area contributed by atoms with Crippen LogP contribution < -0.4 is 16.0 Å². The van der Waals surface area contributed by atoms with E-state index in [0.717, 1.165) is 42.6 Å². The van der Waals surface area contributed by atoms with E-state index in [4.69, 9.17) is 0 Å². The molecular formula is C14H23N5OS. The van der Waals surface area contributed by atoms with Crippen molar-refractivity contribution >= 4 is 29.3 Å². The van der Waals surface area contributed by atoms with Gasteiger partial charge in [0.25, 0.3) is 0 Å². The molecule has 0 unspecified atom stereocenters. The molecule has 2 rings (SSSR count). The van der Waals surface area contributed by atoms with Gasteiger partial charge in [-0.1, -0.05) is 18.7 Å². The van der Waals surface area contributed by atoms with E-state index in [1.165, 1.54) is 11.8 Å². The summed E-state index contributed by atoms with van der Waals surface area (Å²) in [5.74, 6) is 1.68. The summed E-state index contributed by atoms with van der Waals surface area (Å²) in [5, 5.41) is 10.2. The van der Waals surface area contributed by atoms with E-state index >= 15 is 0 Å². The summed E-state index contributed by atoms with van der Waals surface area (Å²) in [5.41, 5.74) is 0. The molecule has 3 N–H and O–H groups in total. The molecule has 0 radical (unpaired) electrons. The van der Waals surface area contributed by atoms with Crippen molar-refractivity contribution in [2.45, 2.75) is 43.8 Å². The van der Waals surface area contributed by atoms with Crippen LogP contribution in [0.15, 0.2) is 11.2 Å². The maximum absolute atomic E-state index is 11.6. The fourth-order valence-electron chi connectivity index (χ4n) is 1.78. The zero-order valence-corrected chi connectivity index (χ0v) is 13.4. The van der Waals surface area contributed by atoms with Crippen molar-refractivity contribution in [3.05, 3.63) is 6.07 Å². The number of amides is 1. The van der Waals surface area contributed by atoms with E-state index in [2.05, 4.69) is 32.8 Å². The lowest BCUT2D eigenvalue weighted by atomic mass is 10.4. The number of nitrogens with one attached hydrogen (secondary N) is 3. The molecule has 1 fully saturated rings. The molecule has 1 aromatic rings. The fourth-order valence-corrected chi connectivity index (χ4v) is 2.16. The van der Waals surface area contributed by atoms with Gasteiger partial charge in [-0.25, -0.2) is 9.97 Å². The molecule has 116 valence electrons. The Labute approximate surface area is 129 Å². The number of carbonyl (C=O) groups excluding carboxylic acids is 1. The number of rotatable bonds is 9. The quantitative estimate of drug-likeness (QED) is 0.479. The normalized spacial score (nSPS) is 13.8. The highest BCUT2D eigenvalue weighted by molar-refractivity contribution is 7.98. The van der Waals surface area contributed by atoms with Crippen LogP contribution in [0.3, 0.4) is 0 Å². The van der Waals surface area contributed by atoms with Gasteiger partial charge in [0.2, 0.25) is 5.91 Å². The van der Waals surface area contributed by atoms with Crippen molar-refractivity contribution in [1.82, 2.24) is 15.3 Å². The average molecular weight is 309 g/mol. The van der Waals surface area contributed by atoms with Crippen molar-refractivity contribution in [1.29, 1.82) is 0 Å². The monoisotopic (exact) mass is 309 g/mol. The molecule has 0 aromatic carbocycles. The second-order valence-corrected chi connectivity index (χ2v) is 5.84. The van der Waals surface area contributed by atoms with Crippen molar-refractivity contribution in [2.75, 3.05) is 30.0 Å². The molecule has 6 nitrogen and oxygen atoms in total. The van der Waals surface area contributed by atoms with Crippen LogP contribution in [0.25, 0.3) is 0 Å². The minimum atomic E-state index is 0.105. The molecule has 0 atom stereocenters. The second-order valence-electron chi connectivity index (χ2n) is 5.07. The zero-order chi connectivity index (χ0) is 15.1. The Morgan fingerprint density at radius 1 is 1.29 bits per heavy atom. The third-order valence-corrected chi connectivity index (χ3v) is 3.59. The SMILES string of the molecule is CCCNc1cc(NCCC(=O)NC2CC2)nc(SC)n1. The third-order valence-electron chi connectivity index (χ3n) is 3.04. The van der Waals surface area contributed by atoms with Gasteiger partial charge in [-0.2, -0.15) is 0 Å². The van der Waals surface area contributed by atoms with Gasteiger partial charge in [0.1, 0.15) is 11.6 Å². The molecule has 0 spiro atoms. The molecule has 1 aliphatic carbocycles. The Kier molecular flexibility index (Phi) is 6.10. The molecule has 1 heterocycles. The van der Waals surface area contributed by atoms with E-state index in [1.807, 2.05) is 12.3 Å². The minimum absolute atomic E-state index is 0.105. The van der Waals surface area contributed by atoms with Gasteiger partial charge < -0.3 is 16.0 Å². The molecular weight excluding hydrogens is 286 g/mol. The van der Waals surface area contributed by atoms with Gasteiger partial charge in [-0.15, -0.1) is 0 Å². The molecule has 1 aliphatic rings. The Hall–Kier alpha value is -1.50. The molecule has 1 saturated carbocycles. The molecule has 21 heavy (non-hydrogen) atoms. The smallest absolute Gasteiger partial charge is 0.221 e. The Balaban J connectivity index is 1.83. The van der Waals surface area contributed by atoms with E-state index in [9.17, 15) is 4.79 Å². The van der Waals surface area contributed by atoms with E-state index in [0.29, 0.717) is 19.0 Å². The van der Waals surface area contributed by atoms with Gasteiger partial charge in [-0.05, 0) is 25.5 Å². The van der Waals surface area contributed by atoms with Gasteiger partial charge in [0.05, 0.1) is 0 Å². The first-order valence-electron chi connectivity index (χ1n) is 7.41. The minimum Gasteiger partial charge on any atom is -0.370 e. The predicted octanol–water partition coefficient (Wildman–Crippen LogP) is 2.10. The molecule has 7 heteroatoms. The van der Waals surface area contributed by atoms with E-state index in [1.54, 1.807) is 0 Å². The first-order valence-corrected chi connectivity index (χ1v) is 8.64. The van der Waals surface area contributed by atoms with Crippen LogP contribution in [0.4, 0.5) is 11.6 Å². The van der Waals surface area contributed by atoms with E-state index in [-0.39, 0.29) is 5.91 Å². The summed E-state index contributed by atoms with van der Waals surface area (Å²) in [6.45, 7) is 3.58. The van der Waals surface area contributed by atoms with Crippen molar-refractivity contribution < 1.29 is 4.79 Å². The lowest BCUT2D eigenvalue weighted by molar-refractivity contribution is -0.120. The van der Waals surface area contributed by atoms with Gasteiger partial charge in [0, 0.05) is 31.6 Å². The van der Waals surface area contributed by atoms with Crippen LogP contribution in [-0.4, -0.2) is 41.3 Å². The van der Waals surface area contributed by atoms with Gasteiger partial charge >= 0.3 is 0 Å². The highest BCUT2D eigenvalue weighted by Crippen LogP contribution is 2.19. The molecule has 0 aliphatic heterocycles. The predicted molar refractivity (Wildman–Crippen MR) is 86.9 cm³/mol. The van der Waals surface area contributed by atoms with Crippen LogP contribution in [0, 0.1) is 0 Å². The number of aromatic nitrogens is 2. The van der Waals surface area contributed by atoms with Crippen LogP contribution in [0.1, 0.15) is 32.6 Å². The standard InChI is InChI=1S/C14H23N5OS/c1-3-7-15-11-9-12(19-14(18-11)21-2)16-8-6-13(20)17-10-4-5-10/h9-10H,3-8H2,1-2H3,(H,17,20)(H2,15,16,18,19). The lowest BCUT2D eigenvalue weighted by Crippen LogP contribution is -2.27. The summed E-state index contributed by atoms with van der Waals surface area (Å²) < 4.78 is 0.